The summed E-state index contributed by atoms with van der Waals surface area (Å²) in [6.45, 7) is 3.83. The molecule has 18 heavy (non-hydrogen) atoms. The van der Waals surface area contributed by atoms with E-state index in [4.69, 9.17) is 5.73 Å². The first-order valence-corrected chi connectivity index (χ1v) is 8.26. The van der Waals surface area contributed by atoms with Gasteiger partial charge < -0.3 is 5.73 Å². The van der Waals surface area contributed by atoms with E-state index in [1.54, 1.807) is 0 Å². The first-order chi connectivity index (χ1) is 8.30. The fraction of sp³-hybridized carbons (Fsp3) is 0.750. The summed E-state index contributed by atoms with van der Waals surface area (Å²) >= 11 is 0. The van der Waals surface area contributed by atoms with Crippen LogP contribution >= 0.6 is 0 Å². The quantitative estimate of drug-likeness (QED) is 0.886. The Morgan fingerprint density at radius 2 is 2.00 bits per heavy atom. The van der Waals surface area contributed by atoms with Crippen molar-refractivity contribution in [3.8, 4) is 0 Å². The van der Waals surface area contributed by atoms with Crippen LogP contribution in [0.4, 0.5) is 5.69 Å². The standard InChI is InChI=1S/C12H21N3O2S/c1-8-12(13)9(2)15(14-8)10-5-4-6-11(7-10)18(3,16)17/h10-11H,4-7,13H2,1-3H3. The van der Waals surface area contributed by atoms with E-state index in [9.17, 15) is 8.42 Å². The molecule has 0 aliphatic heterocycles. The van der Waals surface area contributed by atoms with Gasteiger partial charge in [0, 0.05) is 6.26 Å². The van der Waals surface area contributed by atoms with Crippen molar-refractivity contribution in [2.24, 2.45) is 0 Å². The van der Waals surface area contributed by atoms with Gasteiger partial charge in [0.1, 0.15) is 9.84 Å². The lowest BCUT2D eigenvalue weighted by Gasteiger charge is -2.29. The van der Waals surface area contributed by atoms with Gasteiger partial charge in [0.05, 0.1) is 28.4 Å². The highest BCUT2D eigenvalue weighted by atomic mass is 32.2. The summed E-state index contributed by atoms with van der Waals surface area (Å²) in [5.74, 6) is 0. The van der Waals surface area contributed by atoms with E-state index in [2.05, 4.69) is 5.10 Å². The minimum absolute atomic E-state index is 0.162. The normalized spacial score (nSPS) is 25.3. The highest BCUT2D eigenvalue weighted by Gasteiger charge is 2.31. The number of nitrogens with two attached hydrogens (primary N) is 1. The van der Waals surface area contributed by atoms with Crippen molar-refractivity contribution in [1.29, 1.82) is 0 Å². The molecule has 5 nitrogen and oxygen atoms in total. The second-order valence-corrected chi connectivity index (χ2v) is 7.63. The van der Waals surface area contributed by atoms with Gasteiger partial charge in [-0.05, 0) is 33.1 Å². The number of hydrogen-bond acceptors (Lipinski definition) is 4. The molecule has 0 amide bonds. The van der Waals surface area contributed by atoms with E-state index in [1.807, 2.05) is 18.5 Å². The molecule has 6 heteroatoms. The Labute approximate surface area is 108 Å². The molecule has 0 spiro atoms. The van der Waals surface area contributed by atoms with E-state index in [0.29, 0.717) is 6.42 Å². The number of nitrogen functional groups attached to an aromatic ring is 1. The monoisotopic (exact) mass is 271 g/mol. The summed E-state index contributed by atoms with van der Waals surface area (Å²) in [5, 5.41) is 4.21. The van der Waals surface area contributed by atoms with Crippen molar-refractivity contribution in [2.45, 2.75) is 50.8 Å². The number of aryl methyl sites for hydroxylation is 1. The Morgan fingerprint density at radius 3 is 2.50 bits per heavy atom. The topological polar surface area (TPSA) is 78.0 Å². The minimum atomic E-state index is -2.96. The minimum Gasteiger partial charge on any atom is -0.396 e. The first-order valence-electron chi connectivity index (χ1n) is 6.30. The van der Waals surface area contributed by atoms with E-state index >= 15 is 0 Å². The second-order valence-electron chi connectivity index (χ2n) is 5.30. The van der Waals surface area contributed by atoms with E-state index in [-0.39, 0.29) is 11.3 Å². The number of aromatic nitrogens is 2. The van der Waals surface area contributed by atoms with Gasteiger partial charge in [0.25, 0.3) is 0 Å². The number of rotatable bonds is 2. The van der Waals surface area contributed by atoms with Crippen molar-refractivity contribution < 1.29 is 8.42 Å². The van der Waals surface area contributed by atoms with Crippen LogP contribution in [0.2, 0.25) is 0 Å². The van der Waals surface area contributed by atoms with Gasteiger partial charge in [0.15, 0.2) is 0 Å². The van der Waals surface area contributed by atoms with Gasteiger partial charge in [-0.25, -0.2) is 8.42 Å². The molecule has 1 saturated carbocycles. The molecule has 0 aromatic carbocycles. The zero-order chi connectivity index (χ0) is 13.5. The number of sulfone groups is 1. The molecule has 1 aromatic heterocycles. The summed E-state index contributed by atoms with van der Waals surface area (Å²) < 4.78 is 25.3. The zero-order valence-electron chi connectivity index (χ0n) is 11.2. The van der Waals surface area contributed by atoms with Crippen LogP contribution in [0, 0.1) is 13.8 Å². The third-order valence-corrected chi connectivity index (χ3v) is 5.57. The third-order valence-electron chi connectivity index (χ3n) is 3.93. The lowest BCUT2D eigenvalue weighted by atomic mass is 9.95. The lowest BCUT2D eigenvalue weighted by molar-refractivity contribution is 0.324. The molecular formula is C12H21N3O2S. The molecule has 0 bridgehead atoms. The van der Waals surface area contributed by atoms with Gasteiger partial charge in [-0.2, -0.15) is 5.10 Å². The average molecular weight is 271 g/mol. The van der Waals surface area contributed by atoms with E-state index in [1.165, 1.54) is 6.26 Å². The fourth-order valence-corrected chi connectivity index (χ4v) is 3.93. The van der Waals surface area contributed by atoms with Gasteiger partial charge >= 0.3 is 0 Å². The summed E-state index contributed by atoms with van der Waals surface area (Å²) in [6.07, 6.45) is 4.66. The maximum absolute atomic E-state index is 11.7. The Bertz CT molecular complexity index is 548. The summed E-state index contributed by atoms with van der Waals surface area (Å²) in [4.78, 5) is 0. The molecule has 1 aromatic rings. The molecule has 102 valence electrons. The van der Waals surface area contributed by atoms with Crippen molar-refractivity contribution in [3.05, 3.63) is 11.4 Å². The van der Waals surface area contributed by atoms with Crippen LogP contribution in [0.3, 0.4) is 0 Å². The van der Waals surface area contributed by atoms with Crippen LogP contribution in [0.1, 0.15) is 43.1 Å². The van der Waals surface area contributed by atoms with Crippen LogP contribution in [-0.2, 0) is 9.84 Å². The van der Waals surface area contributed by atoms with Crippen molar-refractivity contribution >= 4 is 15.5 Å². The Morgan fingerprint density at radius 1 is 1.33 bits per heavy atom. The van der Waals surface area contributed by atoms with Gasteiger partial charge in [-0.1, -0.05) is 6.42 Å². The predicted molar refractivity (Wildman–Crippen MR) is 72.3 cm³/mol. The molecule has 2 unspecified atom stereocenters. The van der Waals surface area contributed by atoms with Crippen LogP contribution in [0.25, 0.3) is 0 Å². The molecule has 1 aliphatic carbocycles. The van der Waals surface area contributed by atoms with Crippen molar-refractivity contribution in [3.63, 3.8) is 0 Å². The molecule has 2 rings (SSSR count). The largest absolute Gasteiger partial charge is 0.396 e. The molecule has 1 heterocycles. The number of anilines is 1. The number of nitrogens with zero attached hydrogens (tertiary/aromatic N) is 2. The number of hydrogen-bond donors (Lipinski definition) is 1. The van der Waals surface area contributed by atoms with Gasteiger partial charge in [0.2, 0.25) is 0 Å². The molecule has 0 saturated heterocycles. The zero-order valence-corrected chi connectivity index (χ0v) is 12.0. The molecule has 0 radical (unpaired) electrons. The maximum Gasteiger partial charge on any atom is 0.150 e. The van der Waals surface area contributed by atoms with Crippen LogP contribution in [0.15, 0.2) is 0 Å². The molecule has 2 N–H and O–H groups in total. The first kappa shape index (κ1) is 13.4. The highest BCUT2D eigenvalue weighted by molar-refractivity contribution is 7.91. The molecular weight excluding hydrogens is 250 g/mol. The van der Waals surface area contributed by atoms with Gasteiger partial charge in [-0.3, -0.25) is 4.68 Å². The van der Waals surface area contributed by atoms with Crippen LogP contribution < -0.4 is 5.73 Å². The van der Waals surface area contributed by atoms with Crippen molar-refractivity contribution in [1.82, 2.24) is 9.78 Å². The Balaban J connectivity index is 2.26. The van der Waals surface area contributed by atoms with Crippen LogP contribution in [0.5, 0.6) is 0 Å². The third kappa shape index (κ3) is 2.39. The van der Waals surface area contributed by atoms with Crippen molar-refractivity contribution in [2.75, 3.05) is 12.0 Å². The second kappa shape index (κ2) is 4.57. The highest BCUT2D eigenvalue weighted by Crippen LogP contribution is 2.33. The average Bonchev–Trinajstić information content (AvgIpc) is 2.56. The van der Waals surface area contributed by atoms with E-state index in [0.717, 1.165) is 36.3 Å². The fourth-order valence-electron chi connectivity index (χ4n) is 2.76. The summed E-state index contributed by atoms with van der Waals surface area (Å²) in [7, 11) is -2.96. The molecule has 2 atom stereocenters. The van der Waals surface area contributed by atoms with Crippen LogP contribution in [-0.4, -0.2) is 29.7 Å². The maximum atomic E-state index is 11.7. The Kier molecular flexibility index (Phi) is 3.40. The molecule has 1 fully saturated rings. The Hall–Kier alpha value is -1.04. The van der Waals surface area contributed by atoms with E-state index < -0.39 is 9.84 Å². The lowest BCUT2D eigenvalue weighted by Crippen LogP contribution is -2.29. The SMILES string of the molecule is Cc1nn(C2CCCC(S(C)(=O)=O)C2)c(C)c1N. The summed E-state index contributed by atoms with van der Waals surface area (Å²) in [5.41, 5.74) is 8.43. The predicted octanol–water partition coefficient (Wildman–Crippen LogP) is 1.61. The molecule has 1 aliphatic rings. The smallest absolute Gasteiger partial charge is 0.150 e. The van der Waals surface area contributed by atoms with Gasteiger partial charge in [-0.15, -0.1) is 0 Å². The summed E-state index contributed by atoms with van der Waals surface area (Å²) in [6, 6.07) is 0.162.